The van der Waals surface area contributed by atoms with Crippen LogP contribution in [0, 0.1) is 0 Å². The first-order valence-corrected chi connectivity index (χ1v) is 18.5. The van der Waals surface area contributed by atoms with Gasteiger partial charge < -0.3 is 14.2 Å². The largest absolute Gasteiger partial charge is 0.459 e. The number of carbonyl (C=O) groups excluding carboxylic acids is 2. The van der Waals surface area contributed by atoms with E-state index in [1.165, 1.54) is 11.1 Å². The van der Waals surface area contributed by atoms with Crippen LogP contribution in [0.4, 0.5) is 0 Å². The molecule has 0 N–H and O–H groups in total. The van der Waals surface area contributed by atoms with Crippen molar-refractivity contribution in [3.8, 4) is 0 Å². The Hall–Kier alpha value is -5.14. The molecule has 0 unspecified atom stereocenters. The first-order valence-electron chi connectivity index (χ1n) is 17.6. The number of thioether (sulfide) groups is 1. The highest BCUT2D eigenvalue weighted by Gasteiger charge is 2.30. The summed E-state index contributed by atoms with van der Waals surface area (Å²) >= 11 is 1.61. The summed E-state index contributed by atoms with van der Waals surface area (Å²) in [5.41, 5.74) is 5.43. The van der Waals surface area contributed by atoms with Gasteiger partial charge >= 0.3 is 5.97 Å². The lowest BCUT2D eigenvalue weighted by Crippen LogP contribution is -2.39. The summed E-state index contributed by atoms with van der Waals surface area (Å²) in [4.78, 5) is 34.8. The maximum Gasteiger partial charge on any atom is 0.326 e. The van der Waals surface area contributed by atoms with Gasteiger partial charge in [0.15, 0.2) is 5.16 Å². The molecule has 6 rings (SSSR count). The van der Waals surface area contributed by atoms with Crippen molar-refractivity contribution in [1.29, 1.82) is 0 Å². The van der Waals surface area contributed by atoms with E-state index in [0.29, 0.717) is 18.8 Å². The van der Waals surface area contributed by atoms with Gasteiger partial charge in [-0.2, -0.15) is 0 Å². The summed E-state index contributed by atoms with van der Waals surface area (Å²) in [7, 11) is 0. The second kappa shape index (κ2) is 16.7. The number of hydrogen-bond donors (Lipinski definition) is 0. The molecular weight excluding hydrogens is 651 g/mol. The molecule has 0 aliphatic carbocycles. The first kappa shape index (κ1) is 35.7. The van der Waals surface area contributed by atoms with Crippen LogP contribution in [0.1, 0.15) is 61.3 Å². The van der Waals surface area contributed by atoms with Crippen molar-refractivity contribution in [3.05, 3.63) is 168 Å². The molecule has 7 heteroatoms. The van der Waals surface area contributed by atoms with E-state index in [2.05, 4.69) is 53.4 Å². The molecule has 1 aromatic heterocycles. The fourth-order valence-electron chi connectivity index (χ4n) is 6.48. The molecule has 260 valence electrons. The van der Waals surface area contributed by atoms with E-state index in [-0.39, 0.29) is 24.3 Å². The second-order valence-electron chi connectivity index (χ2n) is 13.7. The molecule has 0 saturated heterocycles. The summed E-state index contributed by atoms with van der Waals surface area (Å²) in [6.45, 7) is 6.80. The van der Waals surface area contributed by atoms with E-state index in [4.69, 9.17) is 9.72 Å². The number of hydrogen-bond acceptors (Lipinski definition) is 5. The number of ether oxygens (including phenoxy) is 1. The highest BCUT2D eigenvalue weighted by Crippen LogP contribution is 2.32. The predicted octanol–water partition coefficient (Wildman–Crippen LogP) is 9.35. The molecule has 0 aliphatic rings. The normalized spacial score (nSPS) is 11.6. The summed E-state index contributed by atoms with van der Waals surface area (Å²) in [6.07, 6.45) is 0.735. The number of para-hydroxylation sites is 2. The van der Waals surface area contributed by atoms with Crippen molar-refractivity contribution in [3.63, 3.8) is 0 Å². The number of amides is 1. The lowest BCUT2D eigenvalue weighted by Gasteiger charge is -2.32. The van der Waals surface area contributed by atoms with Crippen LogP contribution in [-0.4, -0.2) is 50.8 Å². The quantitative estimate of drug-likeness (QED) is 0.0646. The zero-order valence-electron chi connectivity index (χ0n) is 29.5. The summed E-state index contributed by atoms with van der Waals surface area (Å²) < 4.78 is 7.61. The highest BCUT2D eigenvalue weighted by molar-refractivity contribution is 7.99. The number of rotatable bonds is 14. The number of carbonyl (C=O) groups is 2. The van der Waals surface area contributed by atoms with Gasteiger partial charge in [0.1, 0.15) is 12.1 Å². The van der Waals surface area contributed by atoms with Crippen molar-refractivity contribution in [1.82, 2.24) is 14.5 Å². The molecule has 51 heavy (non-hydrogen) atoms. The van der Waals surface area contributed by atoms with Gasteiger partial charge in [0, 0.05) is 24.8 Å². The maximum atomic E-state index is 15.0. The fourth-order valence-corrected chi connectivity index (χ4v) is 7.41. The minimum atomic E-state index is -0.578. The van der Waals surface area contributed by atoms with Crippen LogP contribution in [0.3, 0.4) is 0 Å². The molecule has 1 heterocycles. The van der Waals surface area contributed by atoms with E-state index < -0.39 is 11.5 Å². The van der Waals surface area contributed by atoms with E-state index in [1.54, 1.807) is 11.8 Å². The molecule has 1 amide bonds. The Balaban J connectivity index is 1.28. The van der Waals surface area contributed by atoms with E-state index >= 15 is 0 Å². The predicted molar refractivity (Wildman–Crippen MR) is 207 cm³/mol. The van der Waals surface area contributed by atoms with Gasteiger partial charge in [-0.3, -0.25) is 9.59 Å². The zero-order chi connectivity index (χ0) is 35.6. The Morgan fingerprint density at radius 1 is 0.706 bits per heavy atom. The molecule has 0 saturated carbocycles. The Kier molecular flexibility index (Phi) is 11.7. The highest BCUT2D eigenvalue weighted by atomic mass is 32.2. The van der Waals surface area contributed by atoms with Crippen LogP contribution in [0.15, 0.2) is 151 Å². The lowest BCUT2D eigenvalue weighted by molar-refractivity contribution is -0.155. The van der Waals surface area contributed by atoms with Crippen LogP contribution >= 0.6 is 11.8 Å². The third-order valence-electron chi connectivity index (χ3n) is 8.76. The van der Waals surface area contributed by atoms with Crippen molar-refractivity contribution in [2.24, 2.45) is 0 Å². The number of aromatic nitrogens is 2. The Morgan fingerprint density at radius 3 is 1.73 bits per heavy atom. The van der Waals surface area contributed by atoms with Crippen LogP contribution in [-0.2, 0) is 20.9 Å². The molecule has 0 spiro atoms. The number of esters is 1. The van der Waals surface area contributed by atoms with Crippen LogP contribution in [0.2, 0.25) is 0 Å². The minimum Gasteiger partial charge on any atom is -0.459 e. The average molecular weight is 696 g/mol. The summed E-state index contributed by atoms with van der Waals surface area (Å²) in [6, 6.07) is 48.9. The van der Waals surface area contributed by atoms with Crippen molar-refractivity contribution < 1.29 is 14.3 Å². The van der Waals surface area contributed by atoms with Crippen molar-refractivity contribution >= 4 is 34.7 Å². The molecule has 0 atom stereocenters. The van der Waals surface area contributed by atoms with E-state index in [1.807, 2.05) is 122 Å². The Labute approximate surface area is 305 Å². The Bertz CT molecular complexity index is 1930. The van der Waals surface area contributed by atoms with Crippen LogP contribution < -0.4 is 0 Å². The monoisotopic (exact) mass is 695 g/mol. The van der Waals surface area contributed by atoms with Gasteiger partial charge in [-0.1, -0.05) is 145 Å². The molecule has 0 bridgehead atoms. The van der Waals surface area contributed by atoms with Gasteiger partial charge in [0.25, 0.3) is 0 Å². The summed E-state index contributed by atoms with van der Waals surface area (Å²) in [5.74, 6) is 0.0420. The first-order chi connectivity index (χ1) is 24.8. The number of imidazole rings is 1. The van der Waals surface area contributed by atoms with Crippen LogP contribution in [0.25, 0.3) is 11.0 Å². The minimum absolute atomic E-state index is 0.00535. The van der Waals surface area contributed by atoms with Gasteiger partial charge in [-0.25, -0.2) is 4.98 Å². The molecule has 0 aliphatic heterocycles. The van der Waals surface area contributed by atoms with Crippen molar-refractivity contribution in [2.75, 3.05) is 18.8 Å². The smallest absolute Gasteiger partial charge is 0.326 e. The molecular formula is C44H45N3O3S. The maximum absolute atomic E-state index is 15.0. The second-order valence-corrected chi connectivity index (χ2v) is 14.7. The number of nitrogens with zero attached hydrogens (tertiary/aromatic N) is 3. The third-order valence-corrected chi connectivity index (χ3v) is 9.82. The van der Waals surface area contributed by atoms with E-state index in [9.17, 15) is 9.59 Å². The summed E-state index contributed by atoms with van der Waals surface area (Å²) in [5, 5.41) is 0.762. The SMILES string of the molecule is CC(C)(C)OC(=O)Cn1c(SCCCN(CC(c2ccccc2)c2ccccc2)C(=O)C(c2ccccc2)c2ccccc2)nc2ccccc21. The van der Waals surface area contributed by atoms with Gasteiger partial charge in [-0.05, 0) is 61.6 Å². The van der Waals surface area contributed by atoms with Crippen molar-refractivity contribution in [2.45, 2.75) is 56.3 Å². The van der Waals surface area contributed by atoms with Crippen LogP contribution in [0.5, 0.6) is 0 Å². The average Bonchev–Trinajstić information content (AvgIpc) is 3.48. The standard InChI is InChI=1S/C44H45N3O3S/c1-44(2,3)50-40(48)32-47-39-28-17-16-27-38(39)45-43(47)51-30-18-29-46(31-37(33-19-8-4-9-20-33)34-21-10-5-11-22-34)42(49)41(35-23-12-6-13-24-35)36-25-14-7-15-26-36/h4-17,19-28,37,41H,18,29-32H2,1-3H3. The zero-order valence-corrected chi connectivity index (χ0v) is 30.3. The lowest BCUT2D eigenvalue weighted by atomic mass is 9.87. The van der Waals surface area contributed by atoms with Gasteiger partial charge in [-0.15, -0.1) is 0 Å². The van der Waals surface area contributed by atoms with E-state index in [0.717, 1.165) is 33.7 Å². The topological polar surface area (TPSA) is 64.4 Å². The van der Waals surface area contributed by atoms with Gasteiger partial charge in [0.2, 0.25) is 5.91 Å². The molecule has 0 radical (unpaired) electrons. The number of fused-ring (bicyclic) bond motifs is 1. The number of benzene rings is 5. The third kappa shape index (κ3) is 9.35. The molecule has 5 aromatic carbocycles. The van der Waals surface area contributed by atoms with Gasteiger partial charge in [0.05, 0.1) is 17.0 Å². The molecule has 0 fully saturated rings. The fraction of sp³-hybridized carbons (Fsp3) is 0.250. The molecule has 6 nitrogen and oxygen atoms in total. The molecule has 6 aromatic rings. The Morgan fingerprint density at radius 2 is 1.20 bits per heavy atom.